The lowest BCUT2D eigenvalue weighted by Gasteiger charge is -2.46. The van der Waals surface area contributed by atoms with E-state index in [1.165, 1.54) is 10.9 Å². The summed E-state index contributed by atoms with van der Waals surface area (Å²) in [7, 11) is 2.07. The fourth-order valence-corrected chi connectivity index (χ4v) is 5.29. The van der Waals surface area contributed by atoms with Crippen molar-refractivity contribution in [3.8, 4) is 0 Å². The fraction of sp³-hybridized carbons (Fsp3) is 0.360. The van der Waals surface area contributed by atoms with Crippen molar-refractivity contribution in [2.24, 2.45) is 0 Å². The number of nitrogens with zero attached hydrogens (tertiary/aromatic N) is 3. The van der Waals surface area contributed by atoms with Crippen LogP contribution in [0, 0.1) is 0 Å². The van der Waals surface area contributed by atoms with E-state index in [0.29, 0.717) is 25.6 Å². The first-order valence-electron chi connectivity index (χ1n) is 11.2. The molecule has 3 aromatic rings. The van der Waals surface area contributed by atoms with E-state index in [4.69, 9.17) is 0 Å². The first-order valence-corrected chi connectivity index (χ1v) is 11.2. The molecule has 3 heterocycles. The van der Waals surface area contributed by atoms with Crippen LogP contribution in [0.5, 0.6) is 0 Å². The zero-order chi connectivity index (χ0) is 21.1. The number of hydrogen-bond donors (Lipinski definition) is 1. The van der Waals surface area contributed by atoms with Gasteiger partial charge in [0.1, 0.15) is 6.17 Å². The zero-order valence-corrected chi connectivity index (χ0v) is 17.7. The number of hydrogen-bond acceptors (Lipinski definition) is 3. The van der Waals surface area contributed by atoms with Gasteiger partial charge in [-0.05, 0) is 43.0 Å². The standard InChI is InChI=1S/C25H26N4O2/c1-27-20-8-4-3-7-19(20)25(31)29-14-12-18-17-6-2-5-9-21(17)28(23(18)24(27)29)15-13-22(30)26-16-10-11-16/h2-9,16,24H,10-15H2,1H3,(H,26,30). The number of carbonyl (C=O) groups is 2. The molecule has 31 heavy (non-hydrogen) atoms. The van der Waals surface area contributed by atoms with Gasteiger partial charge in [-0.1, -0.05) is 30.3 Å². The van der Waals surface area contributed by atoms with Crippen molar-refractivity contribution >= 4 is 28.4 Å². The van der Waals surface area contributed by atoms with Crippen molar-refractivity contribution in [2.45, 2.75) is 44.4 Å². The van der Waals surface area contributed by atoms with Crippen LogP contribution >= 0.6 is 0 Å². The Morgan fingerprint density at radius 2 is 1.87 bits per heavy atom. The van der Waals surface area contributed by atoms with Gasteiger partial charge in [0, 0.05) is 43.5 Å². The number of para-hydroxylation sites is 2. The van der Waals surface area contributed by atoms with E-state index in [1.54, 1.807) is 0 Å². The Bertz CT molecular complexity index is 1210. The Balaban J connectivity index is 1.46. The summed E-state index contributed by atoms with van der Waals surface area (Å²) in [4.78, 5) is 30.0. The number of nitrogens with one attached hydrogen (secondary N) is 1. The minimum absolute atomic E-state index is 0.0904. The number of fused-ring (bicyclic) bond motifs is 6. The minimum Gasteiger partial charge on any atom is -0.353 e. The molecule has 2 aliphatic heterocycles. The number of amides is 2. The largest absolute Gasteiger partial charge is 0.353 e. The summed E-state index contributed by atoms with van der Waals surface area (Å²) >= 11 is 0. The van der Waals surface area contributed by atoms with Crippen LogP contribution in [0.15, 0.2) is 48.5 Å². The third-order valence-electron chi connectivity index (χ3n) is 6.91. The zero-order valence-electron chi connectivity index (χ0n) is 17.7. The quantitative estimate of drug-likeness (QED) is 0.711. The molecule has 0 radical (unpaired) electrons. The van der Waals surface area contributed by atoms with Crippen molar-refractivity contribution < 1.29 is 9.59 Å². The van der Waals surface area contributed by atoms with Gasteiger partial charge in [-0.2, -0.15) is 0 Å². The van der Waals surface area contributed by atoms with Crippen LogP contribution in [-0.2, 0) is 17.8 Å². The summed E-state index contributed by atoms with van der Waals surface area (Å²) in [6.45, 7) is 1.31. The second kappa shape index (κ2) is 6.87. The second-order valence-electron chi connectivity index (χ2n) is 8.87. The van der Waals surface area contributed by atoms with E-state index in [0.717, 1.165) is 41.7 Å². The molecule has 6 rings (SSSR count). The maximum atomic E-state index is 13.4. The van der Waals surface area contributed by atoms with Gasteiger partial charge in [-0.25, -0.2) is 0 Å². The molecular formula is C25H26N4O2. The first kappa shape index (κ1) is 18.5. The highest BCUT2D eigenvalue weighted by Gasteiger charge is 2.42. The summed E-state index contributed by atoms with van der Waals surface area (Å²) in [6.07, 6.45) is 3.30. The average Bonchev–Trinajstić information content (AvgIpc) is 3.55. The summed E-state index contributed by atoms with van der Waals surface area (Å²) in [5.41, 5.74) is 5.32. The Kier molecular flexibility index (Phi) is 4.10. The number of aryl methyl sites for hydroxylation is 1. The van der Waals surface area contributed by atoms with Crippen molar-refractivity contribution in [3.63, 3.8) is 0 Å². The van der Waals surface area contributed by atoms with Crippen LogP contribution in [0.3, 0.4) is 0 Å². The van der Waals surface area contributed by atoms with Crippen LogP contribution in [-0.4, -0.2) is 40.9 Å². The van der Waals surface area contributed by atoms with Gasteiger partial charge in [0.2, 0.25) is 5.91 Å². The van der Waals surface area contributed by atoms with Crippen LogP contribution in [0.25, 0.3) is 10.9 Å². The molecule has 2 amide bonds. The van der Waals surface area contributed by atoms with Gasteiger partial charge >= 0.3 is 0 Å². The Morgan fingerprint density at radius 3 is 2.71 bits per heavy atom. The van der Waals surface area contributed by atoms with Gasteiger partial charge in [0.15, 0.2) is 0 Å². The van der Waals surface area contributed by atoms with Gasteiger partial charge in [0.25, 0.3) is 5.91 Å². The van der Waals surface area contributed by atoms with E-state index < -0.39 is 0 Å². The highest BCUT2D eigenvalue weighted by Crippen LogP contribution is 2.44. The van der Waals surface area contributed by atoms with Gasteiger partial charge < -0.3 is 19.7 Å². The first-order chi connectivity index (χ1) is 15.1. The van der Waals surface area contributed by atoms with E-state index in [9.17, 15) is 9.59 Å². The monoisotopic (exact) mass is 414 g/mol. The number of anilines is 1. The normalized spacial score (nSPS) is 19.8. The Morgan fingerprint density at radius 1 is 1.10 bits per heavy atom. The van der Waals surface area contributed by atoms with Crippen LogP contribution in [0.2, 0.25) is 0 Å². The molecule has 6 heteroatoms. The lowest BCUT2D eigenvalue weighted by molar-refractivity contribution is -0.121. The molecule has 158 valence electrons. The molecule has 1 aliphatic carbocycles. The predicted molar refractivity (Wildman–Crippen MR) is 120 cm³/mol. The Labute approximate surface area is 181 Å². The number of benzene rings is 2. The maximum Gasteiger partial charge on any atom is 0.257 e. The lowest BCUT2D eigenvalue weighted by Crippen LogP contribution is -2.51. The average molecular weight is 415 g/mol. The van der Waals surface area contributed by atoms with Crippen LogP contribution in [0.1, 0.15) is 47.0 Å². The molecule has 1 atom stereocenters. The Hall–Kier alpha value is -3.28. The second-order valence-corrected chi connectivity index (χ2v) is 8.87. The number of aromatic nitrogens is 1. The van der Waals surface area contributed by atoms with Crippen molar-refractivity contribution in [1.29, 1.82) is 0 Å². The molecule has 1 saturated carbocycles. The van der Waals surface area contributed by atoms with Crippen molar-refractivity contribution in [1.82, 2.24) is 14.8 Å². The van der Waals surface area contributed by atoms with Crippen LogP contribution in [0.4, 0.5) is 5.69 Å². The molecule has 6 nitrogen and oxygen atoms in total. The number of rotatable bonds is 4. The highest BCUT2D eigenvalue weighted by molar-refractivity contribution is 6.02. The van der Waals surface area contributed by atoms with E-state index >= 15 is 0 Å². The molecule has 0 bridgehead atoms. The molecule has 1 unspecified atom stereocenters. The third kappa shape index (κ3) is 2.85. The maximum absolute atomic E-state index is 13.4. The van der Waals surface area contributed by atoms with Gasteiger partial charge in [-0.15, -0.1) is 0 Å². The molecular weight excluding hydrogens is 388 g/mol. The number of carbonyl (C=O) groups excluding carboxylic acids is 2. The van der Waals surface area contributed by atoms with Crippen LogP contribution < -0.4 is 10.2 Å². The lowest BCUT2D eigenvalue weighted by atomic mass is 9.96. The summed E-state index contributed by atoms with van der Waals surface area (Å²) < 4.78 is 2.28. The molecule has 0 saturated heterocycles. The smallest absolute Gasteiger partial charge is 0.257 e. The van der Waals surface area contributed by atoms with E-state index in [2.05, 4.69) is 46.1 Å². The highest BCUT2D eigenvalue weighted by atomic mass is 16.2. The molecule has 0 spiro atoms. The minimum atomic E-state index is -0.162. The van der Waals surface area contributed by atoms with Gasteiger partial charge in [0.05, 0.1) is 16.9 Å². The predicted octanol–water partition coefficient (Wildman–Crippen LogP) is 3.46. The van der Waals surface area contributed by atoms with Crippen molar-refractivity contribution in [2.75, 3.05) is 18.5 Å². The molecule has 1 fully saturated rings. The summed E-state index contributed by atoms with van der Waals surface area (Å²) in [6, 6.07) is 16.7. The fourth-order valence-electron chi connectivity index (χ4n) is 5.29. The molecule has 3 aliphatic rings. The van der Waals surface area contributed by atoms with Crippen molar-refractivity contribution in [3.05, 3.63) is 65.4 Å². The summed E-state index contributed by atoms with van der Waals surface area (Å²) in [5.74, 6) is 0.202. The van der Waals surface area contributed by atoms with Gasteiger partial charge in [-0.3, -0.25) is 9.59 Å². The molecule has 1 aromatic heterocycles. The van der Waals surface area contributed by atoms with E-state index in [1.807, 2.05) is 29.2 Å². The third-order valence-corrected chi connectivity index (χ3v) is 6.91. The molecule has 1 N–H and O–H groups in total. The molecule has 2 aromatic carbocycles. The van der Waals surface area contributed by atoms with E-state index in [-0.39, 0.29) is 18.0 Å². The topological polar surface area (TPSA) is 57.6 Å². The SMILES string of the molecule is CN1c2ccccc2C(=O)N2CCc3c(n(CCC(=O)NC4CC4)c4ccccc34)C21. The summed E-state index contributed by atoms with van der Waals surface area (Å²) in [5, 5.41) is 4.34.